The van der Waals surface area contributed by atoms with Crippen LogP contribution in [0.1, 0.15) is 38.2 Å². The summed E-state index contributed by atoms with van der Waals surface area (Å²) in [6.45, 7) is 6.84. The van der Waals surface area contributed by atoms with E-state index in [0.717, 1.165) is 5.75 Å². The van der Waals surface area contributed by atoms with Crippen molar-refractivity contribution in [2.24, 2.45) is 0 Å². The lowest BCUT2D eigenvalue weighted by molar-refractivity contribution is 0.407. The SMILES string of the molecule is COc1cccc(N2CCCC2)c1C(C)C. The number of methoxy groups -OCH3 is 1. The third-order valence-corrected chi connectivity index (χ3v) is 3.29. The van der Waals surface area contributed by atoms with Gasteiger partial charge < -0.3 is 9.64 Å². The summed E-state index contributed by atoms with van der Waals surface area (Å²) in [6.07, 6.45) is 2.63. The Morgan fingerprint density at radius 2 is 1.88 bits per heavy atom. The van der Waals surface area contributed by atoms with Crippen molar-refractivity contribution < 1.29 is 4.74 Å². The van der Waals surface area contributed by atoms with Crippen LogP contribution in [0.2, 0.25) is 0 Å². The number of benzene rings is 1. The van der Waals surface area contributed by atoms with Crippen LogP contribution < -0.4 is 9.64 Å². The monoisotopic (exact) mass is 219 g/mol. The lowest BCUT2D eigenvalue weighted by atomic mass is 9.99. The quantitative estimate of drug-likeness (QED) is 0.772. The number of nitrogens with zero attached hydrogens (tertiary/aromatic N) is 1. The van der Waals surface area contributed by atoms with Crippen LogP contribution in [-0.2, 0) is 0 Å². The maximum Gasteiger partial charge on any atom is 0.124 e. The molecule has 2 heteroatoms. The molecule has 0 atom stereocenters. The molecule has 0 bridgehead atoms. The summed E-state index contributed by atoms with van der Waals surface area (Å²) in [4.78, 5) is 2.48. The van der Waals surface area contributed by atoms with Gasteiger partial charge in [0.2, 0.25) is 0 Å². The molecule has 0 radical (unpaired) electrons. The fourth-order valence-corrected chi connectivity index (χ4v) is 2.52. The molecule has 1 aliphatic heterocycles. The molecule has 0 amide bonds. The first-order chi connectivity index (χ1) is 7.74. The Morgan fingerprint density at radius 3 is 2.44 bits per heavy atom. The lowest BCUT2D eigenvalue weighted by Crippen LogP contribution is -2.19. The molecule has 1 fully saturated rings. The molecule has 0 spiro atoms. The van der Waals surface area contributed by atoms with Crippen molar-refractivity contribution in [3.05, 3.63) is 23.8 Å². The Kier molecular flexibility index (Phi) is 3.37. The van der Waals surface area contributed by atoms with Crippen LogP contribution in [0.3, 0.4) is 0 Å². The Labute approximate surface area is 98.2 Å². The minimum Gasteiger partial charge on any atom is -0.496 e. The average Bonchev–Trinajstić information content (AvgIpc) is 2.81. The number of hydrogen-bond donors (Lipinski definition) is 0. The average molecular weight is 219 g/mol. The standard InChI is InChI=1S/C14H21NO/c1-11(2)14-12(15-9-4-5-10-15)7-6-8-13(14)16-3/h6-8,11H,4-5,9-10H2,1-3H3. The Bertz CT molecular complexity index is 354. The van der Waals surface area contributed by atoms with E-state index in [1.807, 2.05) is 0 Å². The van der Waals surface area contributed by atoms with Crippen molar-refractivity contribution in [1.82, 2.24) is 0 Å². The first kappa shape index (κ1) is 11.3. The van der Waals surface area contributed by atoms with Gasteiger partial charge in [-0.1, -0.05) is 19.9 Å². The molecular formula is C14H21NO. The predicted octanol–water partition coefficient (Wildman–Crippen LogP) is 3.42. The first-order valence-corrected chi connectivity index (χ1v) is 6.16. The number of hydrogen-bond acceptors (Lipinski definition) is 2. The van der Waals surface area contributed by atoms with Gasteiger partial charge in [0.25, 0.3) is 0 Å². The second kappa shape index (κ2) is 4.77. The molecule has 88 valence electrons. The second-order valence-corrected chi connectivity index (χ2v) is 4.74. The van der Waals surface area contributed by atoms with E-state index < -0.39 is 0 Å². The Hall–Kier alpha value is -1.18. The van der Waals surface area contributed by atoms with Crippen LogP contribution in [0.25, 0.3) is 0 Å². The van der Waals surface area contributed by atoms with Crippen LogP contribution in [0, 0.1) is 0 Å². The zero-order chi connectivity index (χ0) is 11.5. The van der Waals surface area contributed by atoms with Gasteiger partial charge in [-0.3, -0.25) is 0 Å². The minimum atomic E-state index is 0.506. The smallest absolute Gasteiger partial charge is 0.124 e. The Morgan fingerprint density at radius 1 is 1.19 bits per heavy atom. The van der Waals surface area contributed by atoms with E-state index >= 15 is 0 Å². The van der Waals surface area contributed by atoms with Crippen LogP contribution in [0.4, 0.5) is 5.69 Å². The molecular weight excluding hydrogens is 198 g/mol. The highest BCUT2D eigenvalue weighted by Gasteiger charge is 2.19. The van der Waals surface area contributed by atoms with Gasteiger partial charge in [-0.25, -0.2) is 0 Å². The molecule has 0 unspecified atom stereocenters. The van der Waals surface area contributed by atoms with E-state index in [1.165, 1.54) is 37.2 Å². The maximum atomic E-state index is 5.48. The third kappa shape index (κ3) is 2.01. The van der Waals surface area contributed by atoms with E-state index in [1.54, 1.807) is 7.11 Å². The highest BCUT2D eigenvalue weighted by atomic mass is 16.5. The zero-order valence-electron chi connectivity index (χ0n) is 10.5. The second-order valence-electron chi connectivity index (χ2n) is 4.74. The molecule has 1 saturated heterocycles. The fraction of sp³-hybridized carbons (Fsp3) is 0.571. The third-order valence-electron chi connectivity index (χ3n) is 3.29. The van der Waals surface area contributed by atoms with Crippen molar-refractivity contribution >= 4 is 5.69 Å². The van der Waals surface area contributed by atoms with Gasteiger partial charge in [-0.2, -0.15) is 0 Å². The topological polar surface area (TPSA) is 12.5 Å². The molecule has 0 N–H and O–H groups in total. The highest BCUT2D eigenvalue weighted by Crippen LogP contribution is 2.36. The van der Waals surface area contributed by atoms with E-state index in [0.29, 0.717) is 5.92 Å². The molecule has 2 nitrogen and oxygen atoms in total. The minimum absolute atomic E-state index is 0.506. The molecule has 1 aromatic carbocycles. The molecule has 0 aromatic heterocycles. The summed E-state index contributed by atoms with van der Waals surface area (Å²) in [5.41, 5.74) is 2.72. The number of rotatable bonds is 3. The van der Waals surface area contributed by atoms with Gasteiger partial charge in [0.05, 0.1) is 7.11 Å². The van der Waals surface area contributed by atoms with Crippen molar-refractivity contribution in [1.29, 1.82) is 0 Å². The highest BCUT2D eigenvalue weighted by molar-refractivity contribution is 5.61. The van der Waals surface area contributed by atoms with Gasteiger partial charge in [0.1, 0.15) is 5.75 Å². The normalized spacial score (nSPS) is 15.9. The van der Waals surface area contributed by atoms with Crippen LogP contribution in [0.15, 0.2) is 18.2 Å². The molecule has 1 aliphatic rings. The van der Waals surface area contributed by atoms with Gasteiger partial charge in [0.15, 0.2) is 0 Å². The van der Waals surface area contributed by atoms with Crippen LogP contribution in [0.5, 0.6) is 5.75 Å². The van der Waals surface area contributed by atoms with Crippen molar-refractivity contribution in [2.75, 3.05) is 25.1 Å². The van der Waals surface area contributed by atoms with Crippen LogP contribution in [-0.4, -0.2) is 20.2 Å². The van der Waals surface area contributed by atoms with Crippen molar-refractivity contribution in [3.8, 4) is 5.75 Å². The largest absolute Gasteiger partial charge is 0.496 e. The summed E-state index contributed by atoms with van der Waals surface area (Å²) < 4.78 is 5.48. The molecule has 1 heterocycles. The number of anilines is 1. The molecule has 16 heavy (non-hydrogen) atoms. The van der Waals surface area contributed by atoms with Crippen LogP contribution >= 0.6 is 0 Å². The lowest BCUT2D eigenvalue weighted by Gasteiger charge is -2.24. The van der Waals surface area contributed by atoms with Crippen molar-refractivity contribution in [3.63, 3.8) is 0 Å². The van der Waals surface area contributed by atoms with Crippen molar-refractivity contribution in [2.45, 2.75) is 32.6 Å². The molecule has 2 rings (SSSR count). The van der Waals surface area contributed by atoms with Gasteiger partial charge in [0, 0.05) is 24.3 Å². The predicted molar refractivity (Wildman–Crippen MR) is 68.5 cm³/mol. The summed E-state index contributed by atoms with van der Waals surface area (Å²) in [6, 6.07) is 6.39. The number of ether oxygens (including phenoxy) is 1. The van der Waals surface area contributed by atoms with Gasteiger partial charge in [-0.05, 0) is 30.9 Å². The van der Waals surface area contributed by atoms with E-state index in [9.17, 15) is 0 Å². The fourth-order valence-electron chi connectivity index (χ4n) is 2.52. The molecule has 0 saturated carbocycles. The summed E-state index contributed by atoms with van der Waals surface area (Å²) in [5, 5.41) is 0. The zero-order valence-corrected chi connectivity index (χ0v) is 10.5. The van der Waals surface area contributed by atoms with Gasteiger partial charge >= 0.3 is 0 Å². The summed E-state index contributed by atoms with van der Waals surface area (Å²) in [5.74, 6) is 1.53. The Balaban J connectivity index is 2.42. The van der Waals surface area contributed by atoms with E-state index in [2.05, 4.69) is 36.9 Å². The molecule has 0 aliphatic carbocycles. The maximum absolute atomic E-state index is 5.48. The summed E-state index contributed by atoms with van der Waals surface area (Å²) in [7, 11) is 1.76. The molecule has 1 aromatic rings. The van der Waals surface area contributed by atoms with E-state index in [4.69, 9.17) is 4.74 Å². The first-order valence-electron chi connectivity index (χ1n) is 6.16. The van der Waals surface area contributed by atoms with Gasteiger partial charge in [-0.15, -0.1) is 0 Å². The summed E-state index contributed by atoms with van der Waals surface area (Å²) >= 11 is 0. The van der Waals surface area contributed by atoms with E-state index in [-0.39, 0.29) is 0 Å².